The fourth-order valence-electron chi connectivity index (χ4n) is 2.88. The van der Waals surface area contributed by atoms with E-state index in [1.54, 1.807) is 0 Å². The molecule has 1 atom stereocenters. The number of rotatable bonds is 5. The number of nitrogens with one attached hydrogen (secondary N) is 3. The molecule has 4 rings (SSSR count). The first-order valence-corrected chi connectivity index (χ1v) is 8.22. The normalized spacial score (nSPS) is 16.2. The highest BCUT2D eigenvalue weighted by Crippen LogP contribution is 2.24. The predicted octanol–water partition coefficient (Wildman–Crippen LogP) is 2.14. The van der Waals surface area contributed by atoms with Gasteiger partial charge in [0.25, 0.3) is 5.89 Å². The molecule has 0 radical (unpaired) electrons. The van der Waals surface area contributed by atoms with Gasteiger partial charge in [0, 0.05) is 23.8 Å². The average Bonchev–Trinajstić information content (AvgIpc) is 3.36. The minimum Gasteiger partial charge on any atom is -0.332 e. The van der Waals surface area contributed by atoms with Gasteiger partial charge in [-0.25, -0.2) is 0 Å². The number of hydrogen-bond acceptors (Lipinski definition) is 6. The van der Waals surface area contributed by atoms with Crippen molar-refractivity contribution in [3.8, 4) is 11.6 Å². The lowest BCUT2D eigenvalue weighted by molar-refractivity contribution is -0.115. The molecule has 1 aliphatic heterocycles. The molecule has 136 valence electrons. The number of amides is 1. The number of para-hydroxylation sites is 1. The highest BCUT2D eigenvalue weighted by Gasteiger charge is 2.21. The maximum absolute atomic E-state index is 12.0. The van der Waals surface area contributed by atoms with Gasteiger partial charge < -0.3 is 15.2 Å². The number of halogens is 1. The van der Waals surface area contributed by atoms with Crippen LogP contribution in [-0.2, 0) is 11.2 Å². The van der Waals surface area contributed by atoms with E-state index in [9.17, 15) is 4.79 Å². The van der Waals surface area contributed by atoms with Crippen LogP contribution in [0.4, 0.5) is 5.69 Å². The maximum atomic E-state index is 12.0. The van der Waals surface area contributed by atoms with Gasteiger partial charge in [-0.05, 0) is 31.2 Å². The molecule has 0 spiro atoms. The summed E-state index contributed by atoms with van der Waals surface area (Å²) >= 11 is 0. The highest BCUT2D eigenvalue weighted by atomic mass is 35.5. The summed E-state index contributed by atoms with van der Waals surface area (Å²) in [6.45, 7) is 1.95. The number of carbonyl (C=O) groups is 1. The van der Waals surface area contributed by atoms with E-state index < -0.39 is 0 Å². The van der Waals surface area contributed by atoms with E-state index in [0.29, 0.717) is 23.3 Å². The largest absolute Gasteiger partial charge is 0.332 e. The van der Waals surface area contributed by atoms with Crippen molar-refractivity contribution >= 4 is 24.0 Å². The van der Waals surface area contributed by atoms with E-state index in [2.05, 4.69) is 31.0 Å². The number of nitrogens with zero attached hydrogens (tertiary/aromatic N) is 3. The van der Waals surface area contributed by atoms with Crippen molar-refractivity contribution in [3.05, 3.63) is 47.9 Å². The van der Waals surface area contributed by atoms with Gasteiger partial charge in [0.1, 0.15) is 0 Å². The summed E-state index contributed by atoms with van der Waals surface area (Å²) in [4.78, 5) is 16.3. The summed E-state index contributed by atoms with van der Waals surface area (Å²) in [5.74, 6) is 0.880. The number of H-pyrrole nitrogens is 1. The van der Waals surface area contributed by atoms with E-state index in [4.69, 9.17) is 4.52 Å². The van der Waals surface area contributed by atoms with Gasteiger partial charge in [-0.15, -0.1) is 12.4 Å². The van der Waals surface area contributed by atoms with E-state index >= 15 is 0 Å². The lowest BCUT2D eigenvalue weighted by Crippen LogP contribution is -2.15. The topological polar surface area (TPSA) is 109 Å². The van der Waals surface area contributed by atoms with Gasteiger partial charge in [-0.2, -0.15) is 10.1 Å². The molecule has 26 heavy (non-hydrogen) atoms. The van der Waals surface area contributed by atoms with Gasteiger partial charge >= 0.3 is 0 Å². The first kappa shape index (κ1) is 18.1. The molecule has 0 saturated carbocycles. The van der Waals surface area contributed by atoms with Crippen LogP contribution in [0.3, 0.4) is 0 Å². The van der Waals surface area contributed by atoms with E-state index in [1.165, 1.54) is 0 Å². The SMILES string of the molecule is Cl.O=C(Cc1noc(-c2cc(C3CCNC3)[nH]n2)n1)Nc1ccccc1. The Hall–Kier alpha value is -2.71. The molecule has 1 aromatic carbocycles. The fourth-order valence-corrected chi connectivity index (χ4v) is 2.88. The molecule has 1 amide bonds. The van der Waals surface area contributed by atoms with E-state index in [1.807, 2.05) is 36.4 Å². The maximum Gasteiger partial charge on any atom is 0.278 e. The van der Waals surface area contributed by atoms with Crippen LogP contribution in [-0.4, -0.2) is 39.3 Å². The van der Waals surface area contributed by atoms with E-state index in [0.717, 1.165) is 30.9 Å². The summed E-state index contributed by atoms with van der Waals surface area (Å²) in [5.41, 5.74) is 2.39. The zero-order chi connectivity index (χ0) is 17.1. The summed E-state index contributed by atoms with van der Waals surface area (Å²) in [6.07, 6.45) is 1.12. The van der Waals surface area contributed by atoms with Crippen molar-refractivity contribution < 1.29 is 9.32 Å². The zero-order valence-electron chi connectivity index (χ0n) is 13.9. The molecule has 3 aromatic rings. The first-order valence-electron chi connectivity index (χ1n) is 8.22. The summed E-state index contributed by atoms with van der Waals surface area (Å²) in [6, 6.07) is 11.2. The predicted molar refractivity (Wildman–Crippen MR) is 98.1 cm³/mol. The number of aromatic nitrogens is 4. The Morgan fingerprint density at radius 1 is 1.31 bits per heavy atom. The Kier molecular flexibility index (Phi) is 5.65. The molecule has 2 aromatic heterocycles. The minimum atomic E-state index is -0.196. The molecule has 1 aliphatic rings. The molecule has 0 bridgehead atoms. The second-order valence-electron chi connectivity index (χ2n) is 6.00. The molecular formula is C17H19ClN6O2. The Morgan fingerprint density at radius 3 is 2.92 bits per heavy atom. The third-order valence-corrected chi connectivity index (χ3v) is 4.16. The first-order chi connectivity index (χ1) is 12.3. The van der Waals surface area contributed by atoms with Crippen molar-refractivity contribution in [2.24, 2.45) is 0 Å². The van der Waals surface area contributed by atoms with Gasteiger partial charge in [-0.3, -0.25) is 9.89 Å². The van der Waals surface area contributed by atoms with Crippen molar-refractivity contribution in [1.82, 2.24) is 25.7 Å². The second-order valence-corrected chi connectivity index (χ2v) is 6.00. The number of aromatic amines is 1. The van der Waals surface area contributed by atoms with Crippen molar-refractivity contribution in [3.63, 3.8) is 0 Å². The molecule has 8 nitrogen and oxygen atoms in total. The molecule has 9 heteroatoms. The smallest absolute Gasteiger partial charge is 0.278 e. The van der Waals surface area contributed by atoms with Gasteiger partial charge in [0.15, 0.2) is 11.5 Å². The zero-order valence-corrected chi connectivity index (χ0v) is 14.8. The number of carbonyl (C=O) groups excluding carboxylic acids is 1. The molecule has 1 unspecified atom stereocenters. The quantitative estimate of drug-likeness (QED) is 0.631. The van der Waals surface area contributed by atoms with Crippen LogP contribution in [0, 0.1) is 0 Å². The van der Waals surface area contributed by atoms with Crippen molar-refractivity contribution in [2.75, 3.05) is 18.4 Å². The third-order valence-electron chi connectivity index (χ3n) is 4.16. The highest BCUT2D eigenvalue weighted by molar-refractivity contribution is 5.91. The molecule has 1 fully saturated rings. The van der Waals surface area contributed by atoms with Crippen LogP contribution in [0.25, 0.3) is 11.6 Å². The Labute approximate surface area is 156 Å². The molecular weight excluding hydrogens is 356 g/mol. The van der Waals surface area contributed by atoms with Gasteiger partial charge in [0.05, 0.1) is 6.42 Å². The third kappa shape index (κ3) is 4.09. The average molecular weight is 375 g/mol. The van der Waals surface area contributed by atoms with Gasteiger partial charge in [-0.1, -0.05) is 23.4 Å². The second kappa shape index (κ2) is 8.11. The van der Waals surface area contributed by atoms with Crippen LogP contribution >= 0.6 is 12.4 Å². The van der Waals surface area contributed by atoms with Crippen molar-refractivity contribution in [2.45, 2.75) is 18.8 Å². The lowest BCUT2D eigenvalue weighted by atomic mass is 10.1. The van der Waals surface area contributed by atoms with Crippen LogP contribution < -0.4 is 10.6 Å². The molecule has 3 heterocycles. The van der Waals surface area contributed by atoms with Crippen LogP contribution in [0.15, 0.2) is 40.9 Å². The number of anilines is 1. The van der Waals surface area contributed by atoms with Crippen LogP contribution in [0.5, 0.6) is 0 Å². The summed E-state index contributed by atoms with van der Waals surface area (Å²) in [7, 11) is 0. The Balaban J connectivity index is 0.00000196. The monoisotopic (exact) mass is 374 g/mol. The van der Waals surface area contributed by atoms with Crippen LogP contribution in [0.2, 0.25) is 0 Å². The number of benzene rings is 1. The molecule has 3 N–H and O–H groups in total. The molecule has 1 saturated heterocycles. The summed E-state index contributed by atoms with van der Waals surface area (Å²) < 4.78 is 5.24. The van der Waals surface area contributed by atoms with E-state index in [-0.39, 0.29) is 24.7 Å². The summed E-state index contributed by atoms with van der Waals surface area (Å²) in [5, 5.41) is 17.3. The Bertz CT molecular complexity index is 857. The fraction of sp³-hybridized carbons (Fsp3) is 0.294. The number of hydrogen-bond donors (Lipinski definition) is 3. The standard InChI is InChI=1S/C17H18N6O2.ClH/c24-16(19-12-4-2-1-3-5-12)9-15-20-17(25-23-15)14-8-13(21-22-14)11-6-7-18-10-11;/h1-5,8,11,18H,6-7,9-10H2,(H,19,24)(H,21,22);1H. The Morgan fingerprint density at radius 2 is 2.15 bits per heavy atom. The van der Waals surface area contributed by atoms with Crippen molar-refractivity contribution in [1.29, 1.82) is 0 Å². The van der Waals surface area contributed by atoms with Crippen LogP contribution in [0.1, 0.15) is 23.9 Å². The van der Waals surface area contributed by atoms with Gasteiger partial charge in [0.2, 0.25) is 5.91 Å². The molecule has 0 aliphatic carbocycles. The lowest BCUT2D eigenvalue weighted by Gasteiger charge is -2.02. The minimum absolute atomic E-state index is 0.